The van der Waals surface area contributed by atoms with Crippen molar-refractivity contribution in [3.63, 3.8) is 0 Å². The predicted octanol–water partition coefficient (Wildman–Crippen LogP) is 1.65. The van der Waals surface area contributed by atoms with E-state index in [1.807, 2.05) is 12.5 Å². The molecule has 3 rings (SSSR count). The van der Waals surface area contributed by atoms with Crippen molar-refractivity contribution < 1.29 is 4.74 Å². The molecule has 0 amide bonds. The highest BCUT2D eigenvalue weighted by Gasteiger charge is 2.19. The average molecular weight is 249 g/mol. The third-order valence-corrected chi connectivity index (χ3v) is 3.77. The Kier molecular flexibility index (Phi) is 3.22. The lowest BCUT2D eigenvalue weighted by Gasteiger charge is -2.24. The van der Waals surface area contributed by atoms with E-state index in [2.05, 4.69) is 32.4 Å². The lowest BCUT2D eigenvalue weighted by Crippen LogP contribution is -2.34. The molecular formula is C12H15N3OS. The topological polar surface area (TPSA) is 39.1 Å². The number of nitrogens with zero attached hydrogens (tertiary/aromatic N) is 2. The van der Waals surface area contributed by atoms with E-state index in [1.165, 1.54) is 4.88 Å². The summed E-state index contributed by atoms with van der Waals surface area (Å²) in [7, 11) is 0. The minimum absolute atomic E-state index is 0.131. The first kappa shape index (κ1) is 11.0. The number of imidazole rings is 1. The van der Waals surface area contributed by atoms with Gasteiger partial charge in [-0.3, -0.25) is 0 Å². The molecule has 0 aliphatic carbocycles. The molecule has 0 bridgehead atoms. The van der Waals surface area contributed by atoms with E-state index >= 15 is 0 Å². The molecule has 1 aliphatic rings. The number of nitrogens with one attached hydrogen (secondary N) is 1. The Morgan fingerprint density at radius 3 is 3.35 bits per heavy atom. The molecule has 1 fully saturated rings. The Labute approximate surface area is 104 Å². The number of hydrogen-bond acceptors (Lipinski definition) is 4. The number of ether oxygens (including phenoxy) is 1. The quantitative estimate of drug-likeness (QED) is 0.899. The summed E-state index contributed by atoms with van der Waals surface area (Å²) in [5.74, 6) is 0. The summed E-state index contributed by atoms with van der Waals surface area (Å²) in [4.78, 5) is 5.58. The van der Waals surface area contributed by atoms with Gasteiger partial charge in [-0.2, -0.15) is 0 Å². The lowest BCUT2D eigenvalue weighted by molar-refractivity contribution is 0.0230. The van der Waals surface area contributed by atoms with E-state index in [4.69, 9.17) is 4.74 Å². The van der Waals surface area contributed by atoms with Gasteiger partial charge in [0.1, 0.15) is 6.10 Å². The standard InChI is InChI=1S/C12H15N3OS/c1-2-10(17-5-1)8-15-9-14-6-11(15)12-7-13-3-4-16-12/h1-2,5-6,9,12-13H,3-4,7-8H2. The van der Waals surface area contributed by atoms with Gasteiger partial charge in [-0.1, -0.05) is 6.07 Å². The van der Waals surface area contributed by atoms with Crippen LogP contribution >= 0.6 is 11.3 Å². The number of hydrogen-bond donors (Lipinski definition) is 1. The van der Waals surface area contributed by atoms with Crippen LogP contribution in [-0.2, 0) is 11.3 Å². The molecule has 4 nitrogen and oxygen atoms in total. The molecule has 1 saturated heterocycles. The molecule has 2 aromatic heterocycles. The fourth-order valence-electron chi connectivity index (χ4n) is 2.06. The molecule has 1 aliphatic heterocycles. The second-order valence-electron chi connectivity index (χ2n) is 4.09. The average Bonchev–Trinajstić information content (AvgIpc) is 3.02. The Morgan fingerprint density at radius 2 is 2.59 bits per heavy atom. The maximum Gasteiger partial charge on any atom is 0.111 e. The highest BCUT2D eigenvalue weighted by molar-refractivity contribution is 7.09. The Hall–Kier alpha value is -1.17. The number of thiophene rings is 1. The molecule has 0 aromatic carbocycles. The normalized spacial score (nSPS) is 20.6. The summed E-state index contributed by atoms with van der Waals surface area (Å²) in [6.07, 6.45) is 3.92. The van der Waals surface area contributed by atoms with Gasteiger partial charge in [-0.15, -0.1) is 11.3 Å². The van der Waals surface area contributed by atoms with Crippen LogP contribution in [0.3, 0.4) is 0 Å². The zero-order chi connectivity index (χ0) is 11.5. The van der Waals surface area contributed by atoms with E-state index in [-0.39, 0.29) is 6.10 Å². The van der Waals surface area contributed by atoms with Crippen LogP contribution in [0.5, 0.6) is 0 Å². The molecule has 3 heterocycles. The third kappa shape index (κ3) is 2.41. The molecule has 0 radical (unpaired) electrons. The second-order valence-corrected chi connectivity index (χ2v) is 5.12. The smallest absolute Gasteiger partial charge is 0.111 e. The van der Waals surface area contributed by atoms with Crippen LogP contribution in [0.4, 0.5) is 0 Å². The first-order chi connectivity index (χ1) is 8.43. The molecule has 0 spiro atoms. The van der Waals surface area contributed by atoms with Crippen molar-refractivity contribution in [3.8, 4) is 0 Å². The molecular weight excluding hydrogens is 234 g/mol. The lowest BCUT2D eigenvalue weighted by atomic mass is 10.2. The van der Waals surface area contributed by atoms with Gasteiger partial charge in [0.25, 0.3) is 0 Å². The first-order valence-corrected chi connectivity index (χ1v) is 6.66. The molecule has 1 atom stereocenters. The Balaban J connectivity index is 1.78. The SMILES string of the molecule is c1csc(Cn2cncc2C2CNCCO2)c1. The summed E-state index contributed by atoms with van der Waals surface area (Å²) in [6.45, 7) is 3.47. The van der Waals surface area contributed by atoms with Gasteiger partial charge in [0, 0.05) is 18.0 Å². The molecule has 1 N–H and O–H groups in total. The summed E-state index contributed by atoms with van der Waals surface area (Å²) < 4.78 is 7.93. The molecule has 90 valence electrons. The van der Waals surface area contributed by atoms with Crippen LogP contribution in [0, 0.1) is 0 Å². The van der Waals surface area contributed by atoms with Crippen LogP contribution in [-0.4, -0.2) is 29.2 Å². The molecule has 2 aromatic rings. The Morgan fingerprint density at radius 1 is 1.59 bits per heavy atom. The number of aromatic nitrogens is 2. The van der Waals surface area contributed by atoms with E-state index in [9.17, 15) is 0 Å². The minimum Gasteiger partial charge on any atom is -0.369 e. The predicted molar refractivity (Wildman–Crippen MR) is 67.2 cm³/mol. The zero-order valence-corrected chi connectivity index (χ0v) is 10.3. The van der Waals surface area contributed by atoms with Gasteiger partial charge in [0.2, 0.25) is 0 Å². The van der Waals surface area contributed by atoms with E-state index in [0.717, 1.165) is 31.9 Å². The number of morpholine rings is 1. The van der Waals surface area contributed by atoms with Crippen molar-refractivity contribution in [1.29, 1.82) is 0 Å². The highest BCUT2D eigenvalue weighted by atomic mass is 32.1. The zero-order valence-electron chi connectivity index (χ0n) is 9.50. The summed E-state index contributed by atoms with van der Waals surface area (Å²) in [6, 6.07) is 4.23. The summed E-state index contributed by atoms with van der Waals surface area (Å²) in [5, 5.41) is 5.45. The van der Waals surface area contributed by atoms with E-state index in [0.29, 0.717) is 0 Å². The fraction of sp³-hybridized carbons (Fsp3) is 0.417. The number of rotatable bonds is 3. The van der Waals surface area contributed by atoms with Crippen LogP contribution in [0.15, 0.2) is 30.0 Å². The van der Waals surface area contributed by atoms with Gasteiger partial charge in [-0.05, 0) is 11.4 Å². The van der Waals surface area contributed by atoms with Crippen LogP contribution in [0.1, 0.15) is 16.7 Å². The molecule has 17 heavy (non-hydrogen) atoms. The summed E-state index contributed by atoms with van der Waals surface area (Å²) in [5.41, 5.74) is 1.16. The third-order valence-electron chi connectivity index (χ3n) is 2.91. The van der Waals surface area contributed by atoms with Gasteiger partial charge in [0.05, 0.1) is 31.4 Å². The van der Waals surface area contributed by atoms with Gasteiger partial charge in [-0.25, -0.2) is 4.98 Å². The van der Waals surface area contributed by atoms with Crippen molar-refractivity contribution in [3.05, 3.63) is 40.6 Å². The molecule has 1 unspecified atom stereocenters. The molecule has 5 heteroatoms. The van der Waals surface area contributed by atoms with E-state index in [1.54, 1.807) is 11.3 Å². The van der Waals surface area contributed by atoms with Crippen LogP contribution < -0.4 is 5.32 Å². The van der Waals surface area contributed by atoms with Gasteiger partial charge >= 0.3 is 0 Å². The van der Waals surface area contributed by atoms with Gasteiger partial charge < -0.3 is 14.6 Å². The van der Waals surface area contributed by atoms with Gasteiger partial charge in [0.15, 0.2) is 0 Å². The summed E-state index contributed by atoms with van der Waals surface area (Å²) >= 11 is 1.77. The minimum atomic E-state index is 0.131. The first-order valence-electron chi connectivity index (χ1n) is 5.78. The van der Waals surface area contributed by atoms with Crippen molar-refractivity contribution in [2.45, 2.75) is 12.6 Å². The Bertz CT molecular complexity index is 460. The van der Waals surface area contributed by atoms with Crippen molar-refractivity contribution in [2.24, 2.45) is 0 Å². The maximum atomic E-state index is 5.76. The second kappa shape index (κ2) is 5.00. The van der Waals surface area contributed by atoms with Crippen LogP contribution in [0.2, 0.25) is 0 Å². The van der Waals surface area contributed by atoms with Crippen molar-refractivity contribution >= 4 is 11.3 Å². The fourth-order valence-corrected chi connectivity index (χ4v) is 2.76. The molecule has 0 saturated carbocycles. The highest BCUT2D eigenvalue weighted by Crippen LogP contribution is 2.20. The van der Waals surface area contributed by atoms with Crippen molar-refractivity contribution in [2.75, 3.05) is 19.7 Å². The van der Waals surface area contributed by atoms with Crippen molar-refractivity contribution in [1.82, 2.24) is 14.9 Å². The monoisotopic (exact) mass is 249 g/mol. The van der Waals surface area contributed by atoms with E-state index < -0.39 is 0 Å². The maximum absolute atomic E-state index is 5.76. The van der Waals surface area contributed by atoms with Crippen LogP contribution in [0.25, 0.3) is 0 Å². The largest absolute Gasteiger partial charge is 0.369 e.